The summed E-state index contributed by atoms with van der Waals surface area (Å²) in [7, 11) is 0. The molecule has 2 aliphatic carbocycles. The molecule has 2 amide bonds. The average Bonchev–Trinajstić information content (AvgIpc) is 3.91. The van der Waals surface area contributed by atoms with E-state index in [2.05, 4.69) is 26.0 Å². The van der Waals surface area contributed by atoms with Crippen molar-refractivity contribution >= 4 is 17.8 Å². The molecule has 41 heavy (non-hydrogen) atoms. The quantitative estimate of drug-likeness (QED) is 0.420. The second kappa shape index (κ2) is 12.0. The Morgan fingerprint density at radius 1 is 0.829 bits per heavy atom. The fourth-order valence-electron chi connectivity index (χ4n) is 6.86. The van der Waals surface area contributed by atoms with E-state index in [0.717, 1.165) is 37.8 Å². The molecule has 2 saturated heterocycles. The maximum absolute atomic E-state index is 12.4. The Labute approximate surface area is 243 Å². The number of likely N-dealkylation sites (tertiary alicyclic amines) is 2. The molecule has 0 unspecified atom stereocenters. The van der Waals surface area contributed by atoms with Gasteiger partial charge in [0.05, 0.1) is 24.1 Å². The van der Waals surface area contributed by atoms with E-state index in [0.29, 0.717) is 31.9 Å². The van der Waals surface area contributed by atoms with E-state index in [-0.39, 0.29) is 47.8 Å². The SMILES string of the molecule is CCOC(=O)C1([C@H]2CC(=O)N([C@@H](C)c3ccccc3)C2)CC1.C[C@@H](c1ccccc1)N1C[C@@H](C2(CO)CC2)CC1=O. The fourth-order valence-corrected chi connectivity index (χ4v) is 6.86. The van der Waals surface area contributed by atoms with Gasteiger partial charge in [-0.15, -0.1) is 0 Å². The Morgan fingerprint density at radius 3 is 1.71 bits per heavy atom. The Kier molecular flexibility index (Phi) is 8.55. The second-order valence-corrected chi connectivity index (χ2v) is 12.5. The summed E-state index contributed by atoms with van der Waals surface area (Å²) in [6.45, 7) is 8.08. The number of nitrogens with zero attached hydrogens (tertiary/aromatic N) is 2. The molecule has 0 spiro atoms. The number of ether oxygens (including phenoxy) is 1. The van der Waals surface area contributed by atoms with Gasteiger partial charge in [-0.1, -0.05) is 60.7 Å². The van der Waals surface area contributed by atoms with Gasteiger partial charge in [-0.3, -0.25) is 14.4 Å². The number of hydrogen-bond acceptors (Lipinski definition) is 5. The number of carbonyl (C=O) groups is 3. The van der Waals surface area contributed by atoms with E-state index >= 15 is 0 Å². The van der Waals surface area contributed by atoms with Crippen molar-refractivity contribution in [2.45, 2.75) is 71.4 Å². The van der Waals surface area contributed by atoms with Crippen molar-refractivity contribution in [1.29, 1.82) is 0 Å². The van der Waals surface area contributed by atoms with Crippen LogP contribution in [-0.2, 0) is 19.1 Å². The van der Waals surface area contributed by atoms with E-state index in [1.807, 2.05) is 65.3 Å². The van der Waals surface area contributed by atoms with Crippen LogP contribution >= 0.6 is 0 Å². The molecule has 0 bridgehead atoms. The monoisotopic (exact) mass is 560 g/mol. The first-order valence-electron chi connectivity index (χ1n) is 15.2. The van der Waals surface area contributed by atoms with E-state index in [4.69, 9.17) is 4.74 Å². The van der Waals surface area contributed by atoms with Crippen LogP contribution in [0.25, 0.3) is 0 Å². The van der Waals surface area contributed by atoms with Crippen LogP contribution in [-0.4, -0.2) is 59.0 Å². The van der Waals surface area contributed by atoms with Crippen molar-refractivity contribution < 1.29 is 24.2 Å². The molecule has 2 saturated carbocycles. The van der Waals surface area contributed by atoms with Gasteiger partial charge >= 0.3 is 5.97 Å². The lowest BCUT2D eigenvalue weighted by Crippen LogP contribution is -2.32. The lowest BCUT2D eigenvalue weighted by atomic mass is 9.88. The predicted molar refractivity (Wildman–Crippen MR) is 156 cm³/mol. The van der Waals surface area contributed by atoms with Gasteiger partial charge in [0.25, 0.3) is 0 Å². The maximum atomic E-state index is 12.4. The molecule has 4 atom stereocenters. The van der Waals surface area contributed by atoms with Gasteiger partial charge in [0.1, 0.15) is 0 Å². The molecule has 2 aromatic rings. The van der Waals surface area contributed by atoms with Crippen LogP contribution in [0.5, 0.6) is 0 Å². The predicted octanol–water partition coefficient (Wildman–Crippen LogP) is 5.31. The third-order valence-corrected chi connectivity index (χ3v) is 10.1. The van der Waals surface area contributed by atoms with Crippen LogP contribution < -0.4 is 0 Å². The highest BCUT2D eigenvalue weighted by atomic mass is 16.5. The molecule has 7 heteroatoms. The number of amides is 2. The normalized spacial score (nSPS) is 25.3. The summed E-state index contributed by atoms with van der Waals surface area (Å²) < 4.78 is 5.23. The molecule has 2 heterocycles. The first kappa shape index (κ1) is 29.3. The number of benzene rings is 2. The second-order valence-electron chi connectivity index (χ2n) is 12.5. The van der Waals surface area contributed by atoms with Gasteiger partial charge in [-0.05, 0) is 68.9 Å². The molecular formula is C34H44N2O5. The molecule has 7 nitrogen and oxygen atoms in total. The highest BCUT2D eigenvalue weighted by Crippen LogP contribution is 2.57. The number of aliphatic hydroxyl groups excluding tert-OH is 1. The molecule has 0 radical (unpaired) electrons. The zero-order valence-electron chi connectivity index (χ0n) is 24.6. The summed E-state index contributed by atoms with van der Waals surface area (Å²) in [5.41, 5.74) is 1.99. The van der Waals surface area contributed by atoms with Gasteiger partial charge in [0.2, 0.25) is 11.8 Å². The van der Waals surface area contributed by atoms with E-state index in [1.54, 1.807) is 0 Å². The summed E-state index contributed by atoms with van der Waals surface area (Å²) in [6, 6.07) is 20.4. The number of hydrogen-bond donors (Lipinski definition) is 1. The average molecular weight is 561 g/mol. The Morgan fingerprint density at radius 2 is 1.29 bits per heavy atom. The first-order chi connectivity index (χ1) is 19.7. The largest absolute Gasteiger partial charge is 0.466 e. The van der Waals surface area contributed by atoms with Gasteiger partial charge in [-0.25, -0.2) is 0 Å². The van der Waals surface area contributed by atoms with Crippen molar-refractivity contribution in [3.63, 3.8) is 0 Å². The van der Waals surface area contributed by atoms with Crippen molar-refractivity contribution in [3.05, 3.63) is 71.8 Å². The van der Waals surface area contributed by atoms with E-state index in [9.17, 15) is 19.5 Å². The van der Waals surface area contributed by atoms with Gasteiger partial charge in [0, 0.05) is 38.5 Å². The van der Waals surface area contributed by atoms with Crippen LogP contribution in [0.3, 0.4) is 0 Å². The number of carbonyl (C=O) groups excluding carboxylic acids is 3. The zero-order valence-corrected chi connectivity index (χ0v) is 24.6. The van der Waals surface area contributed by atoms with Gasteiger partial charge in [0.15, 0.2) is 0 Å². The standard InChI is InChI=1S/C18H23NO3.C16H21NO2/c1-3-22-17(21)18(9-10-18)15-11-16(20)19(12-15)13(2)14-7-5-4-6-8-14;1-12(13-5-3-2-4-6-13)17-10-14(9-15(17)19)16(11-18)7-8-16/h4-8,13,15H,3,9-12H2,1-2H3;2-6,12,14,18H,7-11H2,1H3/t13-,15-;12-,14-/m00/s1. The third-order valence-electron chi connectivity index (χ3n) is 10.1. The van der Waals surface area contributed by atoms with Gasteiger partial charge in [-0.2, -0.15) is 0 Å². The summed E-state index contributed by atoms with van der Waals surface area (Å²) in [6.07, 6.45) is 4.95. The van der Waals surface area contributed by atoms with E-state index < -0.39 is 5.41 Å². The molecule has 220 valence electrons. The van der Waals surface area contributed by atoms with Crippen LogP contribution in [0.4, 0.5) is 0 Å². The molecule has 2 aromatic carbocycles. The molecule has 4 aliphatic rings. The van der Waals surface area contributed by atoms with Crippen molar-refractivity contribution in [2.24, 2.45) is 22.7 Å². The lowest BCUT2D eigenvalue weighted by Gasteiger charge is -2.26. The minimum absolute atomic E-state index is 0.0525. The van der Waals surface area contributed by atoms with Crippen LogP contribution in [0, 0.1) is 22.7 Å². The van der Waals surface area contributed by atoms with Crippen molar-refractivity contribution in [3.8, 4) is 0 Å². The smallest absolute Gasteiger partial charge is 0.312 e. The molecule has 1 N–H and O–H groups in total. The van der Waals surface area contributed by atoms with E-state index in [1.165, 1.54) is 5.56 Å². The van der Waals surface area contributed by atoms with Crippen LogP contribution in [0.1, 0.15) is 82.5 Å². The summed E-state index contributed by atoms with van der Waals surface area (Å²) in [4.78, 5) is 40.8. The zero-order chi connectivity index (χ0) is 29.2. The van der Waals surface area contributed by atoms with Crippen LogP contribution in [0.2, 0.25) is 0 Å². The fraction of sp³-hybridized carbons (Fsp3) is 0.559. The number of esters is 1. The van der Waals surface area contributed by atoms with Crippen molar-refractivity contribution in [1.82, 2.24) is 9.80 Å². The lowest BCUT2D eigenvalue weighted by molar-refractivity contribution is -0.152. The summed E-state index contributed by atoms with van der Waals surface area (Å²) >= 11 is 0. The Bertz CT molecular complexity index is 1220. The molecule has 0 aromatic heterocycles. The summed E-state index contributed by atoms with van der Waals surface area (Å²) in [5.74, 6) is 0.724. The highest BCUT2D eigenvalue weighted by Gasteiger charge is 2.59. The molecule has 6 rings (SSSR count). The molecule has 2 aliphatic heterocycles. The Balaban J connectivity index is 0.000000166. The molecule has 4 fully saturated rings. The maximum Gasteiger partial charge on any atom is 0.312 e. The number of aliphatic hydroxyl groups is 1. The van der Waals surface area contributed by atoms with Crippen LogP contribution in [0.15, 0.2) is 60.7 Å². The molecular weight excluding hydrogens is 516 g/mol. The minimum atomic E-state index is -0.392. The topological polar surface area (TPSA) is 87.2 Å². The minimum Gasteiger partial charge on any atom is -0.466 e. The van der Waals surface area contributed by atoms with Gasteiger partial charge < -0.3 is 19.6 Å². The highest BCUT2D eigenvalue weighted by molar-refractivity contribution is 5.85. The third kappa shape index (κ3) is 5.92. The summed E-state index contributed by atoms with van der Waals surface area (Å²) in [5, 5.41) is 9.52. The first-order valence-corrected chi connectivity index (χ1v) is 15.2. The van der Waals surface area contributed by atoms with Crippen molar-refractivity contribution in [2.75, 3.05) is 26.3 Å². The number of rotatable bonds is 9. The Hall–Kier alpha value is -3.19.